The molecule has 4 saturated carbocycles. The van der Waals surface area contributed by atoms with Crippen molar-refractivity contribution in [3.63, 3.8) is 0 Å². The average molecular weight is 345 g/mol. The summed E-state index contributed by atoms with van der Waals surface area (Å²) >= 11 is 0. The van der Waals surface area contributed by atoms with Crippen LogP contribution in [0, 0.1) is 45.3 Å². The van der Waals surface area contributed by atoms with E-state index in [2.05, 4.69) is 19.9 Å². The van der Waals surface area contributed by atoms with Gasteiger partial charge < -0.3 is 9.47 Å². The predicted octanol–water partition coefficient (Wildman–Crippen LogP) is 4.09. The fourth-order valence-electron chi connectivity index (χ4n) is 7.55. The summed E-state index contributed by atoms with van der Waals surface area (Å²) in [5.41, 5.74) is 0.404. The van der Waals surface area contributed by atoms with Gasteiger partial charge in [-0.1, -0.05) is 20.3 Å². The number of methoxy groups -OCH3 is 1. The normalized spacial score (nSPS) is 51.5. The topological polar surface area (TPSA) is 59.3 Å². The third-order valence-electron chi connectivity index (χ3n) is 8.70. The van der Waals surface area contributed by atoms with Gasteiger partial charge in [0.1, 0.15) is 12.6 Å². The van der Waals surface area contributed by atoms with Gasteiger partial charge in [0.2, 0.25) is 0 Å². The van der Waals surface area contributed by atoms with E-state index in [-0.39, 0.29) is 34.2 Å². The minimum Gasteiger partial charge on any atom is -0.359 e. The zero-order chi connectivity index (χ0) is 17.9. The first-order valence-electron chi connectivity index (χ1n) is 9.93. The molecule has 0 heterocycles. The van der Waals surface area contributed by atoms with Crippen molar-refractivity contribution in [1.82, 2.24) is 0 Å². The summed E-state index contributed by atoms with van der Waals surface area (Å²) in [4.78, 5) is 13.1. The lowest BCUT2D eigenvalue weighted by Crippen LogP contribution is -2.61. The van der Waals surface area contributed by atoms with E-state index in [4.69, 9.17) is 9.47 Å². The monoisotopic (exact) mass is 345 g/mol. The Morgan fingerprint density at radius 2 is 2.08 bits per heavy atom. The number of ketones is 1. The van der Waals surface area contributed by atoms with Crippen LogP contribution in [0.2, 0.25) is 0 Å². The first kappa shape index (κ1) is 17.5. The molecule has 1 spiro atoms. The quantitative estimate of drug-likeness (QED) is 0.723. The summed E-state index contributed by atoms with van der Waals surface area (Å²) in [6.07, 6.45) is 8.44. The van der Waals surface area contributed by atoms with Crippen LogP contribution in [-0.2, 0) is 14.3 Å². The minimum absolute atomic E-state index is 0.00433. The molecule has 25 heavy (non-hydrogen) atoms. The van der Waals surface area contributed by atoms with Crippen molar-refractivity contribution < 1.29 is 14.3 Å². The van der Waals surface area contributed by atoms with E-state index in [9.17, 15) is 10.1 Å². The van der Waals surface area contributed by atoms with E-state index < -0.39 is 0 Å². The highest BCUT2D eigenvalue weighted by Gasteiger charge is 2.70. The van der Waals surface area contributed by atoms with Gasteiger partial charge in [0.05, 0.1) is 18.1 Å². The number of rotatable bonds is 3. The molecular weight excluding hydrogens is 314 g/mol. The molecule has 4 heteroatoms. The smallest absolute Gasteiger partial charge is 0.146 e. The summed E-state index contributed by atoms with van der Waals surface area (Å²) in [5, 5.41) is 9.68. The number of fused-ring (bicyclic) bond motifs is 2. The van der Waals surface area contributed by atoms with Gasteiger partial charge in [0.25, 0.3) is 0 Å². The summed E-state index contributed by atoms with van der Waals surface area (Å²) in [7, 11) is 1.67. The lowest BCUT2D eigenvalue weighted by Gasteiger charge is -2.63. The molecule has 4 aliphatic carbocycles. The van der Waals surface area contributed by atoms with Crippen molar-refractivity contribution >= 4 is 5.78 Å². The zero-order valence-corrected chi connectivity index (χ0v) is 15.8. The van der Waals surface area contributed by atoms with Gasteiger partial charge in [-0.3, -0.25) is 4.79 Å². The molecular formula is C21H31NO3. The van der Waals surface area contributed by atoms with Crippen LogP contribution < -0.4 is 0 Å². The maximum absolute atomic E-state index is 13.1. The fraction of sp³-hybridized carbons (Fsp3) is 0.905. The largest absolute Gasteiger partial charge is 0.359 e. The van der Waals surface area contributed by atoms with Crippen LogP contribution in [0.3, 0.4) is 0 Å². The van der Waals surface area contributed by atoms with Crippen LogP contribution in [0.5, 0.6) is 0 Å². The van der Waals surface area contributed by atoms with E-state index in [0.717, 1.165) is 32.1 Å². The molecule has 1 unspecified atom stereocenters. The lowest BCUT2D eigenvalue weighted by molar-refractivity contribution is -0.195. The molecule has 0 saturated heterocycles. The SMILES string of the molecule is COCO[C@H]1C[C@@H]2CC(=O)C3[C@@H](C#N)CCC[C@]3(C)[C@]23CC[C@@]1(C)C3. The minimum atomic E-state index is -0.0732. The molecule has 0 aliphatic heterocycles. The maximum Gasteiger partial charge on any atom is 0.146 e. The molecule has 0 N–H and O–H groups in total. The van der Waals surface area contributed by atoms with Crippen LogP contribution >= 0.6 is 0 Å². The number of hydrogen-bond acceptors (Lipinski definition) is 4. The van der Waals surface area contributed by atoms with E-state index in [0.29, 0.717) is 24.9 Å². The number of nitrogens with zero attached hydrogens (tertiary/aromatic N) is 1. The van der Waals surface area contributed by atoms with Gasteiger partial charge in [-0.2, -0.15) is 5.26 Å². The second kappa shape index (κ2) is 5.79. The maximum atomic E-state index is 13.1. The standard InChI is InChI=1S/C21H31NO3/c1-19-7-8-21(12-19)15(10-17(19)25-13-24-3)9-16(23)18-14(11-22)5-4-6-20(18,21)2/h14-15,17-18H,4-10,12-13H2,1-3H3/t14-,15+,17+,18?,19+,20+,21+/m1/s1. The molecule has 0 aromatic carbocycles. The Morgan fingerprint density at radius 3 is 2.80 bits per heavy atom. The van der Waals surface area contributed by atoms with Crippen LogP contribution in [0.25, 0.3) is 0 Å². The number of nitriles is 1. The molecule has 2 bridgehead atoms. The highest BCUT2D eigenvalue weighted by Crippen LogP contribution is 2.74. The molecule has 0 amide bonds. The molecule has 4 rings (SSSR count). The number of ether oxygens (including phenoxy) is 2. The second-order valence-electron chi connectivity index (χ2n) is 9.67. The van der Waals surface area contributed by atoms with E-state index in [1.54, 1.807) is 7.11 Å². The number of carbonyl (C=O) groups is 1. The number of Topliss-reactive ketones (excluding diaryl/α,β-unsaturated/α-hetero) is 1. The fourth-order valence-corrected chi connectivity index (χ4v) is 7.55. The van der Waals surface area contributed by atoms with Gasteiger partial charge in [-0.25, -0.2) is 0 Å². The Labute approximate surface area is 151 Å². The van der Waals surface area contributed by atoms with Gasteiger partial charge in [0, 0.05) is 19.4 Å². The van der Waals surface area contributed by atoms with Crippen molar-refractivity contribution in [3.8, 4) is 6.07 Å². The number of carbonyl (C=O) groups excluding carboxylic acids is 1. The van der Waals surface area contributed by atoms with Gasteiger partial charge in [-0.05, 0) is 60.7 Å². The lowest BCUT2D eigenvalue weighted by atomic mass is 9.40. The molecule has 0 aromatic heterocycles. The highest BCUT2D eigenvalue weighted by molar-refractivity contribution is 5.84. The Bertz CT molecular complexity index is 613. The molecule has 4 nitrogen and oxygen atoms in total. The highest BCUT2D eigenvalue weighted by atomic mass is 16.7. The predicted molar refractivity (Wildman–Crippen MR) is 93.4 cm³/mol. The van der Waals surface area contributed by atoms with Crippen LogP contribution in [0.15, 0.2) is 0 Å². The Kier molecular flexibility index (Phi) is 4.05. The van der Waals surface area contributed by atoms with Crippen molar-refractivity contribution in [1.29, 1.82) is 5.26 Å². The molecule has 7 atom stereocenters. The van der Waals surface area contributed by atoms with Crippen LogP contribution in [0.1, 0.15) is 65.2 Å². The van der Waals surface area contributed by atoms with Crippen LogP contribution in [0.4, 0.5) is 0 Å². The van der Waals surface area contributed by atoms with Crippen molar-refractivity contribution in [2.75, 3.05) is 13.9 Å². The molecule has 138 valence electrons. The van der Waals surface area contributed by atoms with Crippen molar-refractivity contribution in [3.05, 3.63) is 0 Å². The summed E-state index contributed by atoms with van der Waals surface area (Å²) in [5.74, 6) is 0.652. The van der Waals surface area contributed by atoms with Crippen molar-refractivity contribution in [2.45, 2.75) is 71.3 Å². The first-order chi connectivity index (χ1) is 11.9. The third-order valence-corrected chi connectivity index (χ3v) is 8.70. The summed E-state index contributed by atoms with van der Waals surface area (Å²) in [6.45, 7) is 5.06. The van der Waals surface area contributed by atoms with E-state index >= 15 is 0 Å². The average Bonchev–Trinajstić information content (AvgIpc) is 2.91. The van der Waals surface area contributed by atoms with Gasteiger partial charge in [0.15, 0.2) is 0 Å². The molecule has 0 radical (unpaired) electrons. The first-order valence-corrected chi connectivity index (χ1v) is 9.93. The Morgan fingerprint density at radius 1 is 1.28 bits per heavy atom. The second-order valence-corrected chi connectivity index (χ2v) is 9.67. The van der Waals surface area contributed by atoms with Gasteiger partial charge in [-0.15, -0.1) is 0 Å². The molecule has 4 aliphatic rings. The summed E-state index contributed by atoms with van der Waals surface area (Å²) in [6, 6.07) is 2.49. The Balaban J connectivity index is 1.72. The van der Waals surface area contributed by atoms with Gasteiger partial charge >= 0.3 is 0 Å². The molecule has 0 aromatic rings. The zero-order valence-electron chi connectivity index (χ0n) is 15.8. The number of hydrogen-bond donors (Lipinski definition) is 0. The van der Waals surface area contributed by atoms with Crippen LogP contribution in [-0.4, -0.2) is 25.8 Å². The Hall–Kier alpha value is -0.920. The molecule has 4 fully saturated rings. The summed E-state index contributed by atoms with van der Waals surface area (Å²) < 4.78 is 11.2. The van der Waals surface area contributed by atoms with E-state index in [1.807, 2.05) is 0 Å². The van der Waals surface area contributed by atoms with E-state index in [1.165, 1.54) is 12.8 Å². The third kappa shape index (κ3) is 2.21. The van der Waals surface area contributed by atoms with Crippen molar-refractivity contribution in [2.24, 2.45) is 34.0 Å².